The van der Waals surface area contributed by atoms with Crippen LogP contribution in [0.15, 0.2) is 267 Å². The number of nitrogens with zero attached hydrogens (tertiary/aromatic N) is 2. The van der Waals surface area contributed by atoms with Gasteiger partial charge in [-0.25, -0.2) is 4.98 Å². The van der Waals surface area contributed by atoms with Crippen LogP contribution in [-0.4, -0.2) is 9.55 Å². The van der Waals surface area contributed by atoms with E-state index in [2.05, 4.69) is 278 Å². The molecule has 340 valence electrons. The van der Waals surface area contributed by atoms with E-state index in [9.17, 15) is 0 Å². The molecule has 11 aromatic carbocycles. The van der Waals surface area contributed by atoms with Crippen molar-refractivity contribution in [3.8, 4) is 83.8 Å². The molecule has 0 fully saturated rings. The molecule has 0 bridgehead atoms. The van der Waals surface area contributed by atoms with Crippen molar-refractivity contribution in [3.05, 3.63) is 273 Å². The van der Waals surface area contributed by atoms with E-state index >= 15 is 0 Å². The lowest BCUT2D eigenvalue weighted by molar-refractivity contribution is 0.749. The second-order valence-electron chi connectivity index (χ2n) is 19.2. The quantitative estimate of drug-likeness (QED) is 0.132. The number of para-hydroxylation sites is 3. The number of rotatable bonds is 9. The summed E-state index contributed by atoms with van der Waals surface area (Å²) in [6.45, 7) is 2.31. The van der Waals surface area contributed by atoms with Crippen molar-refractivity contribution >= 4 is 38.2 Å². The van der Waals surface area contributed by atoms with Crippen molar-refractivity contribution in [2.45, 2.75) is 13.3 Å². The van der Waals surface area contributed by atoms with Gasteiger partial charge < -0.3 is 0 Å². The molecule has 0 N–H and O–H groups in total. The molecule has 1 aromatic heterocycles. The Morgan fingerprint density at radius 2 is 0.806 bits per heavy atom. The van der Waals surface area contributed by atoms with Gasteiger partial charge in [-0.05, 0) is 179 Å². The number of allylic oxidation sites excluding steroid dienone is 4. The Hall–Kier alpha value is -9.11. The van der Waals surface area contributed by atoms with Crippen molar-refractivity contribution < 1.29 is 0 Å². The largest absolute Gasteiger partial charge is 0.292 e. The van der Waals surface area contributed by atoms with Gasteiger partial charge in [-0.2, -0.15) is 0 Å². The van der Waals surface area contributed by atoms with Gasteiger partial charge in [0.15, 0.2) is 0 Å². The van der Waals surface area contributed by atoms with Crippen LogP contribution in [0.3, 0.4) is 0 Å². The topological polar surface area (TPSA) is 17.8 Å². The SMILES string of the molecule is CC1C=CC=C(c2cc(-c3ccccc3)cc(-c3c4ccccc4c(-c4cc(-c5ccccc5)cc(-c5ccccc5)c4)c4cc(-c5ccc(-c6nc7ccccc7n6-c6ccccc6)cc5)ccc34)c2)C1. The average molecular weight is 919 g/mol. The van der Waals surface area contributed by atoms with Crippen LogP contribution in [0.5, 0.6) is 0 Å². The molecule has 2 nitrogen and oxygen atoms in total. The Balaban J connectivity index is 1.06. The van der Waals surface area contributed by atoms with Crippen LogP contribution in [0.25, 0.3) is 122 Å². The molecule has 1 aliphatic carbocycles. The number of benzene rings is 11. The molecule has 12 aromatic rings. The summed E-state index contributed by atoms with van der Waals surface area (Å²) < 4.78 is 2.27. The first kappa shape index (κ1) is 43.0. The maximum Gasteiger partial charge on any atom is 0.145 e. The van der Waals surface area contributed by atoms with Gasteiger partial charge in [-0.3, -0.25) is 4.57 Å². The third-order valence-electron chi connectivity index (χ3n) is 14.5. The fourth-order valence-corrected chi connectivity index (χ4v) is 11.0. The highest BCUT2D eigenvalue weighted by Gasteiger charge is 2.22. The summed E-state index contributed by atoms with van der Waals surface area (Å²) in [7, 11) is 0. The molecule has 0 saturated heterocycles. The molecule has 13 rings (SSSR count). The molecule has 2 heteroatoms. The molecule has 72 heavy (non-hydrogen) atoms. The molecular weight excluding hydrogens is 869 g/mol. The third-order valence-corrected chi connectivity index (χ3v) is 14.5. The predicted octanol–water partition coefficient (Wildman–Crippen LogP) is 19.0. The standard InChI is InChI=1S/C70H50N2/c1-47-19-18-26-53(39-47)58-41-57(50-24-10-4-11-25-50)42-59(45-58)68-62-29-14-15-30-63(62)69(60-43-55(48-20-6-2-7-21-48)40-56(44-60)49-22-8-3-9-23-49)65-46-54(37-38-64(65)68)51-33-35-52(36-34-51)70-71-66-31-16-17-32-67(66)72(70)61-27-12-5-13-28-61/h2-38,40-47H,39H2,1H3. The van der Waals surface area contributed by atoms with E-state index in [1.54, 1.807) is 0 Å². The highest BCUT2D eigenvalue weighted by atomic mass is 15.1. The first-order chi connectivity index (χ1) is 35.6. The number of imidazole rings is 1. The van der Waals surface area contributed by atoms with Gasteiger partial charge in [0.1, 0.15) is 5.82 Å². The molecule has 1 aliphatic rings. The molecule has 0 saturated carbocycles. The van der Waals surface area contributed by atoms with Crippen LogP contribution in [0.4, 0.5) is 0 Å². The van der Waals surface area contributed by atoms with Crippen molar-refractivity contribution in [1.29, 1.82) is 0 Å². The fourth-order valence-electron chi connectivity index (χ4n) is 11.0. The molecule has 0 amide bonds. The molecule has 0 aliphatic heterocycles. The lowest BCUT2D eigenvalue weighted by Crippen LogP contribution is -1.99. The monoisotopic (exact) mass is 918 g/mol. The Bertz CT molecular complexity index is 3970. The molecule has 0 spiro atoms. The van der Waals surface area contributed by atoms with Crippen molar-refractivity contribution in [1.82, 2.24) is 9.55 Å². The molecular formula is C70H50N2. The molecule has 1 heterocycles. The van der Waals surface area contributed by atoms with E-state index in [0.29, 0.717) is 5.92 Å². The minimum Gasteiger partial charge on any atom is -0.292 e. The minimum absolute atomic E-state index is 0.472. The Kier molecular flexibility index (Phi) is 10.9. The van der Waals surface area contributed by atoms with Crippen molar-refractivity contribution in [2.75, 3.05) is 0 Å². The van der Waals surface area contributed by atoms with Gasteiger partial charge in [0.2, 0.25) is 0 Å². The number of aromatic nitrogens is 2. The smallest absolute Gasteiger partial charge is 0.145 e. The van der Waals surface area contributed by atoms with Crippen LogP contribution in [0.1, 0.15) is 18.9 Å². The van der Waals surface area contributed by atoms with Crippen LogP contribution >= 0.6 is 0 Å². The Morgan fingerprint density at radius 3 is 1.40 bits per heavy atom. The molecule has 1 atom stereocenters. The van der Waals surface area contributed by atoms with Gasteiger partial charge >= 0.3 is 0 Å². The van der Waals surface area contributed by atoms with E-state index in [1.807, 2.05) is 0 Å². The number of fused-ring (bicyclic) bond motifs is 3. The first-order valence-corrected chi connectivity index (χ1v) is 25.1. The first-order valence-electron chi connectivity index (χ1n) is 25.1. The summed E-state index contributed by atoms with van der Waals surface area (Å²) in [5, 5.41) is 4.87. The average Bonchev–Trinajstić information content (AvgIpc) is 3.85. The molecule has 0 radical (unpaired) electrons. The second kappa shape index (κ2) is 18.3. The Morgan fingerprint density at radius 1 is 0.361 bits per heavy atom. The maximum atomic E-state index is 5.19. The lowest BCUT2D eigenvalue weighted by atomic mass is 9.82. The summed E-state index contributed by atoms with van der Waals surface area (Å²) in [5.41, 5.74) is 21.2. The maximum absolute atomic E-state index is 5.19. The zero-order valence-electron chi connectivity index (χ0n) is 40.1. The zero-order valence-corrected chi connectivity index (χ0v) is 40.1. The number of hydrogen-bond donors (Lipinski definition) is 0. The number of hydrogen-bond acceptors (Lipinski definition) is 1. The predicted molar refractivity (Wildman–Crippen MR) is 305 cm³/mol. The van der Waals surface area contributed by atoms with E-state index in [4.69, 9.17) is 4.98 Å². The normalized spacial score (nSPS) is 13.5. The minimum atomic E-state index is 0.472. The highest BCUT2D eigenvalue weighted by Crippen LogP contribution is 2.48. The van der Waals surface area contributed by atoms with Gasteiger partial charge in [-0.1, -0.05) is 207 Å². The van der Waals surface area contributed by atoms with E-state index in [-0.39, 0.29) is 0 Å². The van der Waals surface area contributed by atoms with E-state index < -0.39 is 0 Å². The van der Waals surface area contributed by atoms with Crippen LogP contribution in [0.2, 0.25) is 0 Å². The lowest BCUT2D eigenvalue weighted by Gasteiger charge is -2.22. The van der Waals surface area contributed by atoms with Crippen LogP contribution < -0.4 is 0 Å². The van der Waals surface area contributed by atoms with Gasteiger partial charge in [0, 0.05) is 11.3 Å². The van der Waals surface area contributed by atoms with E-state index in [1.165, 1.54) is 88.3 Å². The summed E-state index contributed by atoms with van der Waals surface area (Å²) in [4.78, 5) is 5.19. The van der Waals surface area contributed by atoms with Crippen LogP contribution in [0, 0.1) is 5.92 Å². The van der Waals surface area contributed by atoms with Gasteiger partial charge in [0.25, 0.3) is 0 Å². The van der Waals surface area contributed by atoms with Gasteiger partial charge in [0.05, 0.1) is 11.0 Å². The fraction of sp³-hybridized carbons (Fsp3) is 0.0429. The van der Waals surface area contributed by atoms with Crippen LogP contribution in [-0.2, 0) is 0 Å². The summed E-state index contributed by atoms with van der Waals surface area (Å²) in [5.74, 6) is 1.39. The third kappa shape index (κ3) is 7.94. The second-order valence-corrected chi connectivity index (χ2v) is 19.2. The van der Waals surface area contributed by atoms with Gasteiger partial charge in [-0.15, -0.1) is 0 Å². The highest BCUT2D eigenvalue weighted by molar-refractivity contribution is 6.22. The van der Waals surface area contributed by atoms with Crippen molar-refractivity contribution in [3.63, 3.8) is 0 Å². The Labute approximate surface area is 421 Å². The molecule has 1 unspecified atom stereocenters. The summed E-state index contributed by atoms with van der Waals surface area (Å²) >= 11 is 0. The van der Waals surface area contributed by atoms with Crippen molar-refractivity contribution in [2.24, 2.45) is 5.92 Å². The zero-order chi connectivity index (χ0) is 48.0. The summed E-state index contributed by atoms with van der Waals surface area (Å²) in [6, 6.07) is 91.1. The summed E-state index contributed by atoms with van der Waals surface area (Å²) in [6.07, 6.45) is 7.86. The van der Waals surface area contributed by atoms with E-state index in [0.717, 1.165) is 45.7 Å².